The Bertz CT molecular complexity index is 904. The Labute approximate surface area is 161 Å². The van der Waals surface area contributed by atoms with Crippen LogP contribution in [0, 0.1) is 5.82 Å². The number of aliphatic carboxylic acids is 1. The van der Waals surface area contributed by atoms with E-state index in [2.05, 4.69) is 5.10 Å². The number of carbonyl (C=O) groups excluding carboxylic acids is 1. The van der Waals surface area contributed by atoms with E-state index in [0.717, 1.165) is 5.69 Å². The van der Waals surface area contributed by atoms with E-state index in [1.807, 2.05) is 20.8 Å². The van der Waals surface area contributed by atoms with Gasteiger partial charge >= 0.3 is 5.97 Å². The summed E-state index contributed by atoms with van der Waals surface area (Å²) >= 11 is 1.30. The van der Waals surface area contributed by atoms with E-state index in [4.69, 9.17) is 0 Å². The Morgan fingerprint density at radius 1 is 1.37 bits per heavy atom. The predicted molar refractivity (Wildman–Crippen MR) is 103 cm³/mol. The molecule has 1 unspecified atom stereocenters. The molecule has 1 amide bonds. The van der Waals surface area contributed by atoms with Gasteiger partial charge in [-0.1, -0.05) is 39.0 Å². The third kappa shape index (κ3) is 3.58. The molecule has 1 atom stereocenters. The van der Waals surface area contributed by atoms with Gasteiger partial charge < -0.3 is 5.11 Å². The number of fused-ring (bicyclic) bond motifs is 1. The number of carboxylic acids is 1. The second-order valence-corrected chi connectivity index (χ2v) is 8.64. The molecule has 1 aliphatic rings. The lowest BCUT2D eigenvalue weighted by atomic mass is 9.87. The topological polar surface area (TPSA) is 75.4 Å². The van der Waals surface area contributed by atoms with Gasteiger partial charge in [0.2, 0.25) is 5.91 Å². The van der Waals surface area contributed by atoms with Crippen molar-refractivity contribution < 1.29 is 19.1 Å². The summed E-state index contributed by atoms with van der Waals surface area (Å²) < 4.78 is 16.1. The summed E-state index contributed by atoms with van der Waals surface area (Å²) in [6.45, 7) is 5.52. The molecule has 8 heteroatoms. The average molecular weight is 391 g/mol. The van der Waals surface area contributed by atoms with E-state index in [1.165, 1.54) is 27.4 Å². The lowest BCUT2D eigenvalue weighted by Crippen LogP contribution is -2.37. The lowest BCUT2D eigenvalue weighted by molar-refractivity contribution is -0.136. The minimum absolute atomic E-state index is 0.0601. The number of benzene rings is 1. The highest BCUT2D eigenvalue weighted by Gasteiger charge is 2.39. The van der Waals surface area contributed by atoms with Gasteiger partial charge in [0.1, 0.15) is 18.2 Å². The zero-order valence-electron chi connectivity index (χ0n) is 15.7. The molecule has 3 rings (SSSR count). The molecule has 2 aromatic rings. The summed E-state index contributed by atoms with van der Waals surface area (Å²) in [4.78, 5) is 25.3. The fraction of sp³-hybridized carbons (Fsp3) is 0.421. The number of hydrogen-bond donors (Lipinski definition) is 1. The molecule has 0 saturated heterocycles. The van der Waals surface area contributed by atoms with Gasteiger partial charge in [-0.05, 0) is 6.07 Å². The fourth-order valence-corrected chi connectivity index (χ4v) is 4.53. The number of halogens is 1. The molecule has 1 aromatic heterocycles. The maximum atomic E-state index is 14.6. The van der Waals surface area contributed by atoms with Gasteiger partial charge in [0, 0.05) is 23.6 Å². The van der Waals surface area contributed by atoms with Crippen LogP contribution < -0.4 is 4.90 Å². The molecular formula is C19H22FN3O3S. The van der Waals surface area contributed by atoms with Crippen molar-refractivity contribution in [2.45, 2.75) is 31.4 Å². The zero-order chi connectivity index (χ0) is 19.9. The first kappa shape index (κ1) is 19.4. The van der Waals surface area contributed by atoms with Crippen molar-refractivity contribution in [1.82, 2.24) is 9.78 Å². The van der Waals surface area contributed by atoms with Crippen molar-refractivity contribution in [3.8, 4) is 0 Å². The predicted octanol–water partition coefficient (Wildman–Crippen LogP) is 3.11. The molecule has 1 aliphatic heterocycles. The number of thioether (sulfide) groups is 1. The minimum atomic E-state index is -1.11. The molecule has 0 fully saturated rings. The van der Waals surface area contributed by atoms with Crippen LogP contribution in [0.5, 0.6) is 0 Å². The summed E-state index contributed by atoms with van der Waals surface area (Å²) in [7, 11) is 1.69. The number of aryl methyl sites for hydroxylation is 1. The molecule has 0 spiro atoms. The molecule has 0 saturated carbocycles. The second kappa shape index (κ2) is 6.99. The number of nitrogens with zero attached hydrogens (tertiary/aromatic N) is 3. The first-order chi connectivity index (χ1) is 12.6. The molecule has 1 N–H and O–H groups in total. The van der Waals surface area contributed by atoms with E-state index in [-0.39, 0.29) is 22.9 Å². The van der Waals surface area contributed by atoms with Gasteiger partial charge in [0.25, 0.3) is 0 Å². The lowest BCUT2D eigenvalue weighted by Gasteiger charge is -2.23. The maximum absolute atomic E-state index is 14.6. The van der Waals surface area contributed by atoms with Crippen LogP contribution >= 0.6 is 11.8 Å². The summed E-state index contributed by atoms with van der Waals surface area (Å²) in [5.74, 6) is -1.31. The summed E-state index contributed by atoms with van der Waals surface area (Å²) in [5, 5.41) is 13.4. The molecule has 6 nitrogen and oxygen atoms in total. The van der Waals surface area contributed by atoms with Crippen LogP contribution in [0.15, 0.2) is 24.3 Å². The highest BCUT2D eigenvalue weighted by atomic mass is 32.2. The number of amides is 1. The van der Waals surface area contributed by atoms with E-state index in [1.54, 1.807) is 25.2 Å². The number of hydrogen-bond acceptors (Lipinski definition) is 4. The van der Waals surface area contributed by atoms with Gasteiger partial charge in [0.15, 0.2) is 0 Å². The van der Waals surface area contributed by atoms with Gasteiger partial charge in [-0.2, -0.15) is 5.10 Å². The molecule has 1 aromatic carbocycles. The average Bonchev–Trinajstić information content (AvgIpc) is 2.84. The number of rotatable bonds is 3. The van der Waals surface area contributed by atoms with Gasteiger partial charge in [-0.3, -0.25) is 19.2 Å². The molecule has 27 heavy (non-hydrogen) atoms. The van der Waals surface area contributed by atoms with Gasteiger partial charge in [0.05, 0.1) is 16.7 Å². The van der Waals surface area contributed by atoms with Crippen molar-refractivity contribution in [1.29, 1.82) is 0 Å². The highest BCUT2D eigenvalue weighted by Crippen LogP contribution is 2.47. The van der Waals surface area contributed by atoms with E-state index in [9.17, 15) is 19.1 Å². The van der Waals surface area contributed by atoms with Crippen molar-refractivity contribution in [3.63, 3.8) is 0 Å². The van der Waals surface area contributed by atoms with E-state index < -0.39 is 17.8 Å². The van der Waals surface area contributed by atoms with Crippen LogP contribution in [0.4, 0.5) is 10.2 Å². The van der Waals surface area contributed by atoms with Crippen LogP contribution in [0.25, 0.3) is 0 Å². The molecule has 144 valence electrons. The van der Waals surface area contributed by atoms with Crippen LogP contribution in [0.3, 0.4) is 0 Å². The quantitative estimate of drug-likeness (QED) is 0.870. The molecular weight excluding hydrogens is 369 g/mol. The fourth-order valence-electron chi connectivity index (χ4n) is 3.31. The molecule has 0 radical (unpaired) electrons. The van der Waals surface area contributed by atoms with Crippen molar-refractivity contribution in [2.75, 3.05) is 17.2 Å². The Kier molecular flexibility index (Phi) is 5.03. The van der Waals surface area contributed by atoms with E-state index >= 15 is 0 Å². The monoisotopic (exact) mass is 391 g/mol. The summed E-state index contributed by atoms with van der Waals surface area (Å²) in [6, 6.07) is 6.47. The molecule has 0 bridgehead atoms. The molecule has 2 heterocycles. The van der Waals surface area contributed by atoms with Crippen LogP contribution in [-0.2, 0) is 22.1 Å². The van der Waals surface area contributed by atoms with Crippen LogP contribution in [0.2, 0.25) is 0 Å². The maximum Gasteiger partial charge on any atom is 0.323 e. The molecule has 0 aliphatic carbocycles. The van der Waals surface area contributed by atoms with Crippen molar-refractivity contribution in [3.05, 3.63) is 46.9 Å². The SMILES string of the molecule is Cn1nc(C(C)(C)C)c2c1N(CC(=O)O)C(=O)CSC2c1ccccc1F. The second-order valence-electron chi connectivity index (χ2n) is 7.55. The Hall–Kier alpha value is -2.35. The van der Waals surface area contributed by atoms with Gasteiger partial charge in [-0.15, -0.1) is 11.8 Å². The van der Waals surface area contributed by atoms with E-state index in [0.29, 0.717) is 16.9 Å². The summed E-state index contributed by atoms with van der Waals surface area (Å²) in [5.41, 5.74) is 1.53. The first-order valence-corrected chi connectivity index (χ1v) is 9.61. The standard InChI is InChI=1S/C19H22FN3O3S/c1-19(2,3)17-15-16(11-7-5-6-8-12(11)20)27-10-13(24)23(9-14(25)26)18(15)22(4)21-17/h5-8,16H,9-10H2,1-4H3,(H,25,26). The normalized spacial score (nSPS) is 17.6. The Morgan fingerprint density at radius 2 is 2.04 bits per heavy atom. The third-order valence-corrected chi connectivity index (χ3v) is 5.67. The van der Waals surface area contributed by atoms with Crippen LogP contribution in [-0.4, -0.2) is 39.1 Å². The minimum Gasteiger partial charge on any atom is -0.480 e. The highest BCUT2D eigenvalue weighted by molar-refractivity contribution is 8.00. The number of anilines is 1. The summed E-state index contributed by atoms with van der Waals surface area (Å²) in [6.07, 6.45) is 0. The Morgan fingerprint density at radius 3 is 2.63 bits per heavy atom. The number of carboxylic acid groups (broad SMARTS) is 1. The van der Waals surface area contributed by atoms with Crippen molar-refractivity contribution in [2.24, 2.45) is 7.05 Å². The van der Waals surface area contributed by atoms with Crippen LogP contribution in [0.1, 0.15) is 42.8 Å². The Balaban J connectivity index is 2.30. The largest absolute Gasteiger partial charge is 0.480 e. The third-order valence-electron chi connectivity index (χ3n) is 4.44. The number of aromatic nitrogens is 2. The zero-order valence-corrected chi connectivity index (χ0v) is 16.5. The van der Waals surface area contributed by atoms with Gasteiger partial charge in [-0.25, -0.2) is 4.39 Å². The van der Waals surface area contributed by atoms with Crippen molar-refractivity contribution >= 4 is 29.5 Å². The first-order valence-electron chi connectivity index (χ1n) is 8.56. The number of carbonyl (C=O) groups is 2. The smallest absolute Gasteiger partial charge is 0.323 e.